The first-order valence-electron chi connectivity index (χ1n) is 7.40. The van der Waals surface area contributed by atoms with Gasteiger partial charge in [0, 0.05) is 6.04 Å². The second kappa shape index (κ2) is 6.29. The molecule has 0 saturated carbocycles. The van der Waals surface area contributed by atoms with Gasteiger partial charge in [-0.1, -0.05) is 36.4 Å². The highest BCUT2D eigenvalue weighted by Crippen LogP contribution is 2.35. The first kappa shape index (κ1) is 14.1. The van der Waals surface area contributed by atoms with Gasteiger partial charge in [-0.2, -0.15) is 0 Å². The molecule has 0 heterocycles. The van der Waals surface area contributed by atoms with Crippen LogP contribution in [0.25, 0.3) is 0 Å². The lowest BCUT2D eigenvalue weighted by Crippen LogP contribution is -2.27. The smallest absolute Gasteiger partial charge is 0.119 e. The number of ether oxygens (including phenoxy) is 1. The predicted octanol–water partition coefficient (Wildman–Crippen LogP) is 3.01. The van der Waals surface area contributed by atoms with E-state index in [0.29, 0.717) is 0 Å². The summed E-state index contributed by atoms with van der Waals surface area (Å²) in [7, 11) is 1.69. The number of benzene rings is 2. The van der Waals surface area contributed by atoms with Crippen LogP contribution in [-0.4, -0.2) is 18.8 Å². The highest BCUT2D eigenvalue weighted by atomic mass is 16.5. The fourth-order valence-corrected chi connectivity index (χ4v) is 3.06. The molecule has 3 nitrogen and oxygen atoms in total. The molecule has 0 aromatic heterocycles. The van der Waals surface area contributed by atoms with Gasteiger partial charge in [-0.3, -0.25) is 0 Å². The number of aryl methyl sites for hydroxylation is 1. The average Bonchev–Trinajstić information content (AvgIpc) is 2.95. The minimum Gasteiger partial charge on any atom is -0.497 e. The summed E-state index contributed by atoms with van der Waals surface area (Å²) in [5.41, 5.74) is 3.79. The van der Waals surface area contributed by atoms with E-state index in [1.807, 2.05) is 24.3 Å². The van der Waals surface area contributed by atoms with Gasteiger partial charge in [-0.25, -0.2) is 0 Å². The summed E-state index contributed by atoms with van der Waals surface area (Å²) in [6.07, 6.45) is 2.13. The standard InChI is InChI=1S/C18H21NO2/c1-21-15-9-7-13-8-10-17(16(13)11-15)19-18(12-20)14-5-3-2-4-6-14/h2-7,9,11,17-20H,8,10,12H2,1H3/t17?,18-/m1/s1. The topological polar surface area (TPSA) is 41.5 Å². The van der Waals surface area contributed by atoms with Crippen molar-refractivity contribution in [1.82, 2.24) is 5.32 Å². The second-order valence-corrected chi connectivity index (χ2v) is 5.47. The lowest BCUT2D eigenvalue weighted by atomic mass is 10.0. The number of aliphatic hydroxyl groups is 1. The maximum atomic E-state index is 9.70. The van der Waals surface area contributed by atoms with Gasteiger partial charge in [0.25, 0.3) is 0 Å². The van der Waals surface area contributed by atoms with Gasteiger partial charge < -0.3 is 15.2 Å². The Labute approximate surface area is 125 Å². The van der Waals surface area contributed by atoms with Crippen LogP contribution in [0.2, 0.25) is 0 Å². The number of fused-ring (bicyclic) bond motifs is 1. The van der Waals surface area contributed by atoms with Crippen LogP contribution >= 0.6 is 0 Å². The summed E-state index contributed by atoms with van der Waals surface area (Å²) >= 11 is 0. The molecule has 0 radical (unpaired) electrons. The maximum Gasteiger partial charge on any atom is 0.119 e. The zero-order chi connectivity index (χ0) is 14.7. The van der Waals surface area contributed by atoms with Crippen molar-refractivity contribution in [1.29, 1.82) is 0 Å². The fraction of sp³-hybridized carbons (Fsp3) is 0.333. The molecule has 0 bridgehead atoms. The molecule has 0 aliphatic heterocycles. The summed E-state index contributed by atoms with van der Waals surface area (Å²) in [4.78, 5) is 0. The Morgan fingerprint density at radius 3 is 2.76 bits per heavy atom. The Morgan fingerprint density at radius 1 is 1.24 bits per heavy atom. The van der Waals surface area contributed by atoms with Crippen LogP contribution < -0.4 is 10.1 Å². The first-order chi connectivity index (χ1) is 10.3. The van der Waals surface area contributed by atoms with Crippen LogP contribution in [0.1, 0.15) is 35.2 Å². The molecule has 1 aliphatic rings. The zero-order valence-corrected chi connectivity index (χ0v) is 12.3. The Balaban J connectivity index is 1.80. The first-order valence-corrected chi connectivity index (χ1v) is 7.40. The van der Waals surface area contributed by atoms with Crippen LogP contribution in [-0.2, 0) is 6.42 Å². The molecule has 0 spiro atoms. The van der Waals surface area contributed by atoms with Crippen molar-refractivity contribution in [2.24, 2.45) is 0 Å². The molecule has 1 aliphatic carbocycles. The van der Waals surface area contributed by atoms with E-state index >= 15 is 0 Å². The van der Waals surface area contributed by atoms with E-state index in [9.17, 15) is 5.11 Å². The third-order valence-corrected chi connectivity index (χ3v) is 4.22. The van der Waals surface area contributed by atoms with Crippen LogP contribution in [0.3, 0.4) is 0 Å². The van der Waals surface area contributed by atoms with Crippen molar-refractivity contribution in [3.05, 3.63) is 65.2 Å². The third kappa shape index (κ3) is 2.94. The molecule has 2 aromatic rings. The summed E-state index contributed by atoms with van der Waals surface area (Å²) in [6.45, 7) is 0.0970. The van der Waals surface area contributed by atoms with E-state index < -0.39 is 0 Å². The van der Waals surface area contributed by atoms with Gasteiger partial charge in [-0.05, 0) is 41.7 Å². The molecule has 2 aromatic carbocycles. The highest BCUT2D eigenvalue weighted by Gasteiger charge is 2.25. The zero-order valence-electron chi connectivity index (χ0n) is 12.3. The molecule has 2 atom stereocenters. The number of hydrogen-bond acceptors (Lipinski definition) is 3. The van der Waals surface area contributed by atoms with Gasteiger partial charge in [0.05, 0.1) is 19.8 Å². The van der Waals surface area contributed by atoms with Crippen molar-refractivity contribution in [3.8, 4) is 5.75 Å². The van der Waals surface area contributed by atoms with Gasteiger partial charge >= 0.3 is 0 Å². The van der Waals surface area contributed by atoms with Crippen molar-refractivity contribution >= 4 is 0 Å². The second-order valence-electron chi connectivity index (χ2n) is 5.47. The predicted molar refractivity (Wildman–Crippen MR) is 83.5 cm³/mol. The summed E-state index contributed by atoms with van der Waals surface area (Å²) in [5, 5.41) is 13.3. The van der Waals surface area contributed by atoms with Crippen molar-refractivity contribution in [2.75, 3.05) is 13.7 Å². The molecule has 0 saturated heterocycles. The number of nitrogens with one attached hydrogen (secondary N) is 1. The van der Waals surface area contributed by atoms with Gasteiger partial charge in [0.1, 0.15) is 5.75 Å². The largest absolute Gasteiger partial charge is 0.497 e. The Kier molecular flexibility index (Phi) is 4.23. The van der Waals surface area contributed by atoms with E-state index in [4.69, 9.17) is 4.74 Å². The Hall–Kier alpha value is -1.84. The Morgan fingerprint density at radius 2 is 2.05 bits per heavy atom. The molecular weight excluding hydrogens is 262 g/mol. The summed E-state index contributed by atoms with van der Waals surface area (Å²) in [6, 6.07) is 16.6. The number of methoxy groups -OCH3 is 1. The number of hydrogen-bond donors (Lipinski definition) is 2. The van der Waals surface area contributed by atoms with Gasteiger partial charge in [0.2, 0.25) is 0 Å². The fourth-order valence-electron chi connectivity index (χ4n) is 3.06. The molecule has 0 amide bonds. The molecule has 1 unspecified atom stereocenters. The van der Waals surface area contributed by atoms with E-state index in [-0.39, 0.29) is 18.7 Å². The van der Waals surface area contributed by atoms with Crippen molar-refractivity contribution < 1.29 is 9.84 Å². The minimum atomic E-state index is -0.0339. The normalized spacial score (nSPS) is 18.3. The molecular formula is C18H21NO2. The van der Waals surface area contributed by atoms with Crippen LogP contribution in [0.5, 0.6) is 5.75 Å². The van der Waals surface area contributed by atoms with E-state index in [1.54, 1.807) is 7.11 Å². The lowest BCUT2D eigenvalue weighted by molar-refractivity contribution is 0.232. The molecule has 0 fully saturated rings. The lowest BCUT2D eigenvalue weighted by Gasteiger charge is -2.22. The molecule has 3 heteroatoms. The average molecular weight is 283 g/mol. The Bertz CT molecular complexity index is 597. The molecule has 110 valence electrons. The van der Waals surface area contributed by atoms with Crippen molar-refractivity contribution in [3.63, 3.8) is 0 Å². The maximum absolute atomic E-state index is 9.70. The van der Waals surface area contributed by atoms with E-state index in [2.05, 4.69) is 29.6 Å². The van der Waals surface area contributed by atoms with Crippen LogP contribution in [0, 0.1) is 0 Å². The van der Waals surface area contributed by atoms with Crippen LogP contribution in [0.4, 0.5) is 0 Å². The number of aliphatic hydroxyl groups excluding tert-OH is 1. The minimum absolute atomic E-state index is 0.0339. The number of rotatable bonds is 5. The monoisotopic (exact) mass is 283 g/mol. The molecule has 21 heavy (non-hydrogen) atoms. The van der Waals surface area contributed by atoms with E-state index in [1.165, 1.54) is 11.1 Å². The SMILES string of the molecule is COc1ccc2c(c1)C(N[C@H](CO)c1ccccc1)CC2. The molecule has 3 rings (SSSR count). The van der Waals surface area contributed by atoms with Gasteiger partial charge in [0.15, 0.2) is 0 Å². The molecule has 2 N–H and O–H groups in total. The van der Waals surface area contributed by atoms with Crippen LogP contribution in [0.15, 0.2) is 48.5 Å². The van der Waals surface area contributed by atoms with Crippen molar-refractivity contribution in [2.45, 2.75) is 24.9 Å². The van der Waals surface area contributed by atoms with Gasteiger partial charge in [-0.15, -0.1) is 0 Å². The summed E-state index contributed by atoms with van der Waals surface area (Å²) < 4.78 is 5.33. The quantitative estimate of drug-likeness (QED) is 0.886. The van der Waals surface area contributed by atoms with E-state index in [0.717, 1.165) is 24.2 Å². The summed E-state index contributed by atoms with van der Waals surface area (Å²) in [5.74, 6) is 0.891. The highest BCUT2D eigenvalue weighted by molar-refractivity contribution is 5.41. The third-order valence-electron chi connectivity index (χ3n) is 4.22.